The van der Waals surface area contributed by atoms with E-state index < -0.39 is 0 Å². The number of esters is 1. The summed E-state index contributed by atoms with van der Waals surface area (Å²) < 4.78 is 16.2. The Labute approximate surface area is 269 Å². The van der Waals surface area contributed by atoms with Crippen LogP contribution in [0.1, 0.15) is 114 Å². The van der Waals surface area contributed by atoms with E-state index in [-0.39, 0.29) is 24.5 Å². The van der Waals surface area contributed by atoms with Gasteiger partial charge < -0.3 is 14.2 Å². The van der Waals surface area contributed by atoms with E-state index in [1.165, 1.54) is 51.0 Å². The van der Waals surface area contributed by atoms with E-state index in [2.05, 4.69) is 11.9 Å². The van der Waals surface area contributed by atoms with Crippen LogP contribution in [0.5, 0.6) is 5.75 Å². The molecule has 2 aromatic rings. The van der Waals surface area contributed by atoms with Crippen LogP contribution >= 0.6 is 0 Å². The molecule has 1 atom stereocenters. The van der Waals surface area contributed by atoms with E-state index in [9.17, 15) is 14.4 Å². The van der Waals surface area contributed by atoms with Crippen LogP contribution in [0, 0.1) is 11.5 Å². The van der Waals surface area contributed by atoms with Crippen molar-refractivity contribution in [2.75, 3.05) is 13.2 Å². The van der Waals surface area contributed by atoms with E-state index in [0.717, 1.165) is 56.1 Å². The Kier molecular flexibility index (Phi) is 20.4. The normalized spacial score (nSPS) is 11.3. The predicted molar refractivity (Wildman–Crippen MR) is 175 cm³/mol. The molecule has 0 unspecified atom stereocenters. The second-order valence-electron chi connectivity index (χ2n) is 11.5. The SMILES string of the molecule is CCCCCC[C@H](CCCCCCCCCCC(=O)OCCc1ccc(N=C=O)cc1)OCC(=O)Cc1ccc(OC#N)cc1. The summed E-state index contributed by atoms with van der Waals surface area (Å²) in [4.78, 5) is 38.4. The van der Waals surface area contributed by atoms with Gasteiger partial charge in [0.05, 0.1) is 18.4 Å². The zero-order valence-electron chi connectivity index (χ0n) is 27.0. The number of carbonyl (C=O) groups is 2. The summed E-state index contributed by atoms with van der Waals surface area (Å²) in [5.41, 5.74) is 2.48. The summed E-state index contributed by atoms with van der Waals surface area (Å²) in [5, 5.41) is 8.60. The van der Waals surface area contributed by atoms with Crippen LogP contribution in [-0.4, -0.2) is 37.2 Å². The standard InChI is InChI=1S/C37H50N2O6/c1-2-3-4-11-14-35(44-28-34(41)27-32-19-23-36(24-20-32)45-29-38)15-12-9-7-5-6-8-10-13-16-37(42)43-26-25-31-17-21-33(22-18-31)39-30-40/h17-24,35H,2-16,25-28H2,1H3/t35-/m1/s1. The molecule has 0 radical (unpaired) electrons. The molecule has 0 saturated carbocycles. The lowest BCUT2D eigenvalue weighted by molar-refractivity contribution is -0.143. The fraction of sp³-hybridized carbons (Fsp3) is 0.568. The third-order valence-electron chi connectivity index (χ3n) is 7.77. The Morgan fingerprint density at radius 3 is 2.02 bits per heavy atom. The predicted octanol–water partition coefficient (Wildman–Crippen LogP) is 8.67. The first-order valence-corrected chi connectivity index (χ1v) is 16.6. The Balaban J connectivity index is 1.51. The highest BCUT2D eigenvalue weighted by atomic mass is 16.5. The van der Waals surface area contributed by atoms with Crippen molar-refractivity contribution in [1.29, 1.82) is 5.26 Å². The molecule has 0 aliphatic rings. The van der Waals surface area contributed by atoms with Gasteiger partial charge in [0.2, 0.25) is 6.08 Å². The van der Waals surface area contributed by atoms with E-state index in [0.29, 0.717) is 37.3 Å². The highest BCUT2D eigenvalue weighted by Gasteiger charge is 2.13. The molecule has 0 heterocycles. The van der Waals surface area contributed by atoms with E-state index in [1.807, 2.05) is 12.1 Å². The minimum atomic E-state index is -0.147. The monoisotopic (exact) mass is 618 g/mol. The molecule has 45 heavy (non-hydrogen) atoms. The maximum absolute atomic E-state index is 12.5. The lowest BCUT2D eigenvalue weighted by Crippen LogP contribution is -2.20. The van der Waals surface area contributed by atoms with Gasteiger partial charge in [-0.15, -0.1) is 5.26 Å². The van der Waals surface area contributed by atoms with E-state index in [4.69, 9.17) is 19.5 Å². The summed E-state index contributed by atoms with van der Waals surface area (Å²) in [6.45, 7) is 2.70. The Bertz CT molecular complexity index is 1180. The molecule has 2 rings (SSSR count). The Morgan fingerprint density at radius 2 is 1.40 bits per heavy atom. The molecule has 8 nitrogen and oxygen atoms in total. The quantitative estimate of drug-likeness (QED) is 0.0340. The lowest BCUT2D eigenvalue weighted by Gasteiger charge is -2.18. The van der Waals surface area contributed by atoms with Crippen molar-refractivity contribution in [3.8, 4) is 12.0 Å². The first-order chi connectivity index (χ1) is 22.0. The van der Waals surface area contributed by atoms with Gasteiger partial charge in [-0.3, -0.25) is 9.59 Å². The Hall–Kier alpha value is -3.79. The van der Waals surface area contributed by atoms with Gasteiger partial charge in [0.1, 0.15) is 12.4 Å². The van der Waals surface area contributed by atoms with Crippen molar-refractivity contribution in [1.82, 2.24) is 0 Å². The number of benzene rings is 2. The summed E-state index contributed by atoms with van der Waals surface area (Å²) >= 11 is 0. The van der Waals surface area contributed by atoms with Crippen LogP contribution in [0.2, 0.25) is 0 Å². The fourth-order valence-corrected chi connectivity index (χ4v) is 5.17. The summed E-state index contributed by atoms with van der Waals surface area (Å²) in [7, 11) is 0. The molecular formula is C37H50N2O6. The van der Waals surface area contributed by atoms with Gasteiger partial charge in [-0.05, 0) is 54.7 Å². The number of aliphatic imine (C=N–C) groups is 1. The number of unbranched alkanes of at least 4 members (excludes halogenated alkanes) is 10. The van der Waals surface area contributed by atoms with Gasteiger partial charge in [0.25, 0.3) is 6.26 Å². The lowest BCUT2D eigenvalue weighted by atomic mass is 10.0. The number of ketones is 1. The van der Waals surface area contributed by atoms with Gasteiger partial charge in [-0.25, -0.2) is 4.79 Å². The molecular weight excluding hydrogens is 568 g/mol. The van der Waals surface area contributed by atoms with Crippen LogP contribution in [0.15, 0.2) is 53.5 Å². The highest BCUT2D eigenvalue weighted by molar-refractivity contribution is 5.82. The summed E-state index contributed by atoms with van der Waals surface area (Å²) in [6.07, 6.45) is 20.3. The highest BCUT2D eigenvalue weighted by Crippen LogP contribution is 2.18. The second kappa shape index (κ2) is 24.5. The van der Waals surface area contributed by atoms with Crippen molar-refractivity contribution in [2.45, 2.75) is 122 Å². The van der Waals surface area contributed by atoms with Crippen LogP contribution in [0.3, 0.4) is 0 Å². The number of Topliss-reactive ketones (excluding diaryl/α,β-unsaturated/α-hetero) is 1. The number of ether oxygens (including phenoxy) is 3. The number of nitriles is 1. The van der Waals surface area contributed by atoms with Gasteiger partial charge in [-0.2, -0.15) is 4.99 Å². The zero-order chi connectivity index (χ0) is 32.4. The number of rotatable bonds is 26. The maximum Gasteiger partial charge on any atom is 0.305 e. The number of carbonyl (C=O) groups excluding carboxylic acids is 3. The van der Waals surface area contributed by atoms with Crippen LogP contribution in [0.4, 0.5) is 5.69 Å². The first kappa shape index (κ1) is 37.4. The van der Waals surface area contributed by atoms with Crippen molar-refractivity contribution in [3.63, 3.8) is 0 Å². The fourth-order valence-electron chi connectivity index (χ4n) is 5.17. The summed E-state index contributed by atoms with van der Waals surface area (Å²) in [5.74, 6) is 0.381. The van der Waals surface area contributed by atoms with Crippen LogP contribution in [0.25, 0.3) is 0 Å². The molecule has 0 N–H and O–H groups in total. The number of hydrogen-bond acceptors (Lipinski definition) is 8. The van der Waals surface area contributed by atoms with Crippen molar-refractivity contribution < 1.29 is 28.6 Å². The molecule has 0 aromatic heterocycles. The number of isocyanates is 1. The van der Waals surface area contributed by atoms with E-state index in [1.54, 1.807) is 42.7 Å². The smallest absolute Gasteiger partial charge is 0.305 e. The second-order valence-corrected chi connectivity index (χ2v) is 11.5. The van der Waals surface area contributed by atoms with Gasteiger partial charge >= 0.3 is 5.97 Å². The first-order valence-electron chi connectivity index (χ1n) is 16.6. The molecule has 8 heteroatoms. The molecule has 0 fully saturated rings. The molecule has 2 aromatic carbocycles. The minimum Gasteiger partial charge on any atom is -0.465 e. The van der Waals surface area contributed by atoms with Crippen molar-refractivity contribution in [2.24, 2.45) is 4.99 Å². The Morgan fingerprint density at radius 1 is 0.800 bits per heavy atom. The number of nitrogens with zero attached hydrogens (tertiary/aromatic N) is 2. The van der Waals surface area contributed by atoms with Crippen molar-refractivity contribution in [3.05, 3.63) is 59.7 Å². The molecule has 0 saturated heterocycles. The molecule has 0 aliphatic carbocycles. The van der Waals surface area contributed by atoms with Crippen molar-refractivity contribution >= 4 is 23.5 Å². The summed E-state index contributed by atoms with van der Waals surface area (Å²) in [6, 6.07) is 14.2. The molecule has 0 aliphatic heterocycles. The minimum absolute atomic E-state index is 0.0604. The molecule has 0 amide bonds. The topological polar surface area (TPSA) is 115 Å². The molecule has 244 valence electrons. The number of hydrogen-bond donors (Lipinski definition) is 0. The third-order valence-corrected chi connectivity index (χ3v) is 7.77. The zero-order valence-corrected chi connectivity index (χ0v) is 27.0. The molecule has 0 bridgehead atoms. The maximum atomic E-state index is 12.5. The largest absolute Gasteiger partial charge is 0.465 e. The average Bonchev–Trinajstić information content (AvgIpc) is 3.04. The third kappa shape index (κ3) is 18.6. The molecule has 0 spiro atoms. The van der Waals surface area contributed by atoms with E-state index >= 15 is 0 Å². The van der Waals surface area contributed by atoms with Crippen LogP contribution < -0.4 is 4.74 Å². The van der Waals surface area contributed by atoms with Crippen LogP contribution in [-0.2, 0) is 36.7 Å². The van der Waals surface area contributed by atoms with Gasteiger partial charge in [0.15, 0.2) is 5.78 Å². The van der Waals surface area contributed by atoms with Gasteiger partial charge in [0, 0.05) is 19.3 Å². The van der Waals surface area contributed by atoms with Gasteiger partial charge in [-0.1, -0.05) is 102 Å². The average molecular weight is 619 g/mol.